The number of sulfonamides is 1. The summed E-state index contributed by atoms with van der Waals surface area (Å²) in [4.78, 5) is 19.6. The molecule has 0 saturated carbocycles. The second-order valence-corrected chi connectivity index (χ2v) is 10.3. The number of halogens is 2. The third-order valence-corrected chi connectivity index (χ3v) is 7.79. The summed E-state index contributed by atoms with van der Waals surface area (Å²) in [7, 11) is -2.29. The molecule has 1 aliphatic rings. The zero-order chi connectivity index (χ0) is 23.0. The Morgan fingerprint density at radius 2 is 2.00 bits per heavy atom. The highest BCUT2D eigenvalue weighted by atomic mass is 35.5. The van der Waals surface area contributed by atoms with Crippen LogP contribution in [0.2, 0.25) is 5.02 Å². The number of hydrogen-bond acceptors (Lipinski definition) is 6. The number of aromatic nitrogens is 2. The van der Waals surface area contributed by atoms with E-state index in [1.807, 2.05) is 0 Å². The second kappa shape index (κ2) is 8.81. The van der Waals surface area contributed by atoms with Crippen molar-refractivity contribution in [3.63, 3.8) is 0 Å². The molecule has 0 spiro atoms. The second-order valence-electron chi connectivity index (χ2n) is 7.24. The molecule has 1 amide bonds. The largest absolute Gasteiger partial charge is 0.378 e. The predicted molar refractivity (Wildman–Crippen MR) is 120 cm³/mol. The third kappa shape index (κ3) is 4.51. The average molecular weight is 499 g/mol. The van der Waals surface area contributed by atoms with Crippen LogP contribution in [0.1, 0.15) is 15.4 Å². The van der Waals surface area contributed by atoms with E-state index in [-0.39, 0.29) is 21.5 Å². The normalized spacial score (nSPS) is 14.6. The number of thiazole rings is 1. The fourth-order valence-electron chi connectivity index (χ4n) is 3.28. The number of nitrogens with one attached hydrogen (secondary N) is 1. The number of benzene rings is 1. The summed E-state index contributed by atoms with van der Waals surface area (Å²) in [6, 6.07) is 4.88. The molecule has 1 aliphatic heterocycles. The molecule has 1 fully saturated rings. The highest BCUT2D eigenvalue weighted by molar-refractivity contribution is 7.92. The van der Waals surface area contributed by atoms with Crippen molar-refractivity contribution in [1.29, 1.82) is 0 Å². The van der Waals surface area contributed by atoms with E-state index in [9.17, 15) is 17.6 Å². The number of ether oxygens (including phenoxy) is 1. The van der Waals surface area contributed by atoms with Crippen LogP contribution in [0.25, 0.3) is 10.7 Å². The molecule has 32 heavy (non-hydrogen) atoms. The van der Waals surface area contributed by atoms with Crippen LogP contribution in [0.3, 0.4) is 0 Å². The first-order valence-electron chi connectivity index (χ1n) is 9.65. The highest BCUT2D eigenvalue weighted by Crippen LogP contribution is 2.32. The van der Waals surface area contributed by atoms with Crippen molar-refractivity contribution in [2.75, 3.05) is 31.0 Å². The van der Waals surface area contributed by atoms with Crippen LogP contribution >= 0.6 is 22.9 Å². The molecule has 0 radical (unpaired) electrons. The van der Waals surface area contributed by atoms with Crippen molar-refractivity contribution in [2.45, 2.75) is 11.8 Å². The summed E-state index contributed by atoms with van der Waals surface area (Å²) in [6.07, 6.45) is 1.44. The van der Waals surface area contributed by atoms with Gasteiger partial charge in [-0.2, -0.15) is 0 Å². The van der Waals surface area contributed by atoms with Crippen LogP contribution in [0.15, 0.2) is 35.4 Å². The summed E-state index contributed by atoms with van der Waals surface area (Å²) in [5.74, 6) is -0.675. The lowest BCUT2D eigenvalue weighted by molar-refractivity contribution is 0.0305. The number of amides is 1. The lowest BCUT2D eigenvalue weighted by Crippen LogP contribution is -2.40. The Kier molecular flexibility index (Phi) is 6.26. The van der Waals surface area contributed by atoms with Gasteiger partial charge in [-0.05, 0) is 31.2 Å². The molecule has 4 rings (SSSR count). The molecule has 0 atom stereocenters. The average Bonchev–Trinajstić information content (AvgIpc) is 3.33. The molecule has 2 aromatic heterocycles. The number of rotatable bonds is 5. The van der Waals surface area contributed by atoms with Crippen LogP contribution in [0.5, 0.6) is 0 Å². The van der Waals surface area contributed by atoms with E-state index in [4.69, 9.17) is 16.3 Å². The SMILES string of the molecule is Cc1nc(-c2cc(S(=O)(=O)Nc3ccc(F)cc3Cl)cn2C)sc1C(=O)N1CCOCC1. The van der Waals surface area contributed by atoms with Gasteiger partial charge in [0.2, 0.25) is 0 Å². The maximum Gasteiger partial charge on any atom is 0.266 e. The number of anilines is 1. The number of hydrogen-bond donors (Lipinski definition) is 1. The Morgan fingerprint density at radius 3 is 2.69 bits per heavy atom. The Morgan fingerprint density at radius 1 is 1.28 bits per heavy atom. The van der Waals surface area contributed by atoms with Crippen molar-refractivity contribution < 1.29 is 22.3 Å². The smallest absolute Gasteiger partial charge is 0.266 e. The molecule has 8 nitrogen and oxygen atoms in total. The monoisotopic (exact) mass is 498 g/mol. The molecule has 170 valence electrons. The lowest BCUT2D eigenvalue weighted by atomic mass is 10.3. The summed E-state index contributed by atoms with van der Waals surface area (Å²) in [6.45, 7) is 3.80. The number of aryl methyl sites for hydroxylation is 2. The minimum absolute atomic E-state index is 0.00991. The number of carbonyl (C=O) groups excluding carboxylic acids is 1. The van der Waals surface area contributed by atoms with Gasteiger partial charge in [0.05, 0.1) is 35.3 Å². The van der Waals surface area contributed by atoms with Crippen LogP contribution in [-0.4, -0.2) is 55.1 Å². The van der Waals surface area contributed by atoms with E-state index in [1.54, 1.807) is 23.4 Å². The van der Waals surface area contributed by atoms with Gasteiger partial charge in [0.15, 0.2) is 0 Å². The van der Waals surface area contributed by atoms with Crippen molar-refractivity contribution in [3.05, 3.63) is 51.9 Å². The summed E-state index contributed by atoms with van der Waals surface area (Å²) in [5, 5.41) is 0.481. The molecule has 3 heterocycles. The van der Waals surface area contributed by atoms with E-state index < -0.39 is 15.8 Å². The first-order chi connectivity index (χ1) is 15.2. The zero-order valence-corrected chi connectivity index (χ0v) is 19.7. The fraction of sp³-hybridized carbons (Fsp3) is 0.300. The van der Waals surface area contributed by atoms with Crippen molar-refractivity contribution in [2.24, 2.45) is 7.05 Å². The van der Waals surface area contributed by atoms with Gasteiger partial charge in [-0.25, -0.2) is 17.8 Å². The zero-order valence-electron chi connectivity index (χ0n) is 17.3. The predicted octanol–water partition coefficient (Wildman–Crippen LogP) is 3.52. The fourth-order valence-corrected chi connectivity index (χ4v) is 5.80. The van der Waals surface area contributed by atoms with Crippen molar-refractivity contribution in [3.8, 4) is 10.7 Å². The Bertz CT molecular complexity index is 1280. The van der Waals surface area contributed by atoms with E-state index in [0.717, 1.165) is 12.1 Å². The van der Waals surface area contributed by atoms with E-state index in [0.29, 0.717) is 47.6 Å². The third-order valence-electron chi connectivity index (χ3n) is 4.97. The van der Waals surface area contributed by atoms with Gasteiger partial charge in [-0.1, -0.05) is 11.6 Å². The molecule has 3 aromatic rings. The summed E-state index contributed by atoms with van der Waals surface area (Å²) < 4.78 is 48.3. The molecule has 0 bridgehead atoms. The highest BCUT2D eigenvalue weighted by Gasteiger charge is 2.26. The molecule has 0 unspecified atom stereocenters. The molecule has 1 aromatic carbocycles. The standard InChI is InChI=1S/C20H20ClFN4O4S2/c1-12-18(20(27)26-5-7-30-8-6-26)31-19(23-12)17-10-14(11-25(17)2)32(28,29)24-16-4-3-13(22)9-15(16)21/h3-4,9-11,24H,5-8H2,1-2H3. The topological polar surface area (TPSA) is 93.5 Å². The number of morpholine rings is 1. The Hall–Kier alpha value is -2.47. The molecule has 1 saturated heterocycles. The van der Waals surface area contributed by atoms with Crippen LogP contribution in [-0.2, 0) is 21.8 Å². The van der Waals surface area contributed by atoms with Crippen LogP contribution < -0.4 is 4.72 Å². The van der Waals surface area contributed by atoms with Gasteiger partial charge in [-0.15, -0.1) is 11.3 Å². The minimum Gasteiger partial charge on any atom is -0.378 e. The van der Waals surface area contributed by atoms with Gasteiger partial charge >= 0.3 is 0 Å². The van der Waals surface area contributed by atoms with Gasteiger partial charge < -0.3 is 14.2 Å². The first-order valence-corrected chi connectivity index (χ1v) is 12.3. The Labute approximate surface area is 193 Å². The van der Waals surface area contributed by atoms with Gasteiger partial charge in [-0.3, -0.25) is 9.52 Å². The lowest BCUT2D eigenvalue weighted by Gasteiger charge is -2.26. The van der Waals surface area contributed by atoms with Crippen LogP contribution in [0, 0.1) is 12.7 Å². The first kappa shape index (κ1) is 22.7. The van der Waals surface area contributed by atoms with E-state index in [1.165, 1.54) is 29.7 Å². The molecular weight excluding hydrogens is 479 g/mol. The van der Waals surface area contributed by atoms with Gasteiger partial charge in [0.1, 0.15) is 20.6 Å². The summed E-state index contributed by atoms with van der Waals surface area (Å²) in [5.41, 5.74) is 1.20. The Balaban J connectivity index is 1.61. The maximum atomic E-state index is 13.3. The van der Waals surface area contributed by atoms with Crippen LogP contribution in [0.4, 0.5) is 10.1 Å². The van der Waals surface area contributed by atoms with Gasteiger partial charge in [0.25, 0.3) is 15.9 Å². The molecule has 0 aliphatic carbocycles. The molecule has 12 heteroatoms. The van der Waals surface area contributed by atoms with E-state index >= 15 is 0 Å². The van der Waals surface area contributed by atoms with Crippen molar-refractivity contribution >= 4 is 44.6 Å². The van der Waals surface area contributed by atoms with Gasteiger partial charge in [0, 0.05) is 26.3 Å². The van der Waals surface area contributed by atoms with Crippen molar-refractivity contribution in [1.82, 2.24) is 14.5 Å². The minimum atomic E-state index is -3.99. The quantitative estimate of drug-likeness (QED) is 0.581. The number of carbonyl (C=O) groups is 1. The molecule has 1 N–H and O–H groups in total. The summed E-state index contributed by atoms with van der Waals surface area (Å²) >= 11 is 7.16. The maximum absolute atomic E-state index is 13.3. The molecular formula is C20H20ClFN4O4S2. The van der Waals surface area contributed by atoms with E-state index in [2.05, 4.69) is 9.71 Å². The number of nitrogens with zero attached hydrogens (tertiary/aromatic N) is 3.